The van der Waals surface area contributed by atoms with Gasteiger partial charge in [-0.2, -0.15) is 0 Å². The lowest BCUT2D eigenvalue weighted by Crippen LogP contribution is -2.44. The molecule has 1 unspecified atom stereocenters. The zero-order chi connectivity index (χ0) is 24.7. The van der Waals surface area contributed by atoms with Gasteiger partial charge in [0.15, 0.2) is 0 Å². The van der Waals surface area contributed by atoms with Crippen molar-refractivity contribution in [1.82, 2.24) is 19.0 Å². The molecular weight excluding hydrogens is 546 g/mol. The van der Waals surface area contributed by atoms with Crippen LogP contribution in [0.5, 0.6) is 0 Å². The van der Waals surface area contributed by atoms with Crippen LogP contribution in [0.15, 0.2) is 35.3 Å². The number of hydrogen-bond donors (Lipinski definition) is 0. The Bertz CT molecular complexity index is 1230. The number of halogens is 2. The minimum absolute atomic E-state index is 0.0878. The monoisotopic (exact) mass is 580 g/mol. The Balaban J connectivity index is 1.72. The summed E-state index contributed by atoms with van der Waals surface area (Å²) >= 11 is 1.99. The van der Waals surface area contributed by atoms with Crippen molar-refractivity contribution in [2.75, 3.05) is 26.3 Å². The van der Waals surface area contributed by atoms with Crippen LogP contribution in [0.4, 0.5) is 4.39 Å². The highest BCUT2D eigenvalue weighted by Crippen LogP contribution is 2.40. The molecule has 0 N–H and O–H groups in total. The van der Waals surface area contributed by atoms with E-state index >= 15 is 0 Å². The molecule has 1 aliphatic rings. The van der Waals surface area contributed by atoms with Crippen LogP contribution in [0.1, 0.15) is 45.4 Å². The maximum absolute atomic E-state index is 14.5. The Labute approximate surface area is 214 Å². The second kappa shape index (κ2) is 9.70. The second-order valence-corrected chi connectivity index (χ2v) is 11.1. The van der Waals surface area contributed by atoms with Crippen molar-refractivity contribution in [1.29, 1.82) is 0 Å². The summed E-state index contributed by atoms with van der Waals surface area (Å²) in [6.07, 6.45) is 2.86. The van der Waals surface area contributed by atoms with Crippen LogP contribution in [-0.2, 0) is 23.4 Å². The number of hydrogen-bond acceptors (Lipinski definition) is 4. The van der Waals surface area contributed by atoms with Crippen molar-refractivity contribution in [3.05, 3.63) is 61.6 Å². The molecule has 0 bridgehead atoms. The lowest BCUT2D eigenvalue weighted by molar-refractivity contribution is 0.0333. The van der Waals surface area contributed by atoms with E-state index < -0.39 is 0 Å². The van der Waals surface area contributed by atoms with Crippen LogP contribution in [0.3, 0.4) is 0 Å². The van der Waals surface area contributed by atoms with Crippen LogP contribution < -0.4 is 5.69 Å². The first-order valence-corrected chi connectivity index (χ1v) is 13.0. The molecule has 0 radical (unpaired) electrons. The lowest BCUT2D eigenvalue weighted by atomic mass is 9.87. The fourth-order valence-electron chi connectivity index (χ4n) is 5.14. The summed E-state index contributed by atoms with van der Waals surface area (Å²) in [6.45, 7) is 14.3. The van der Waals surface area contributed by atoms with Gasteiger partial charge in [-0.05, 0) is 87.9 Å². The molecule has 4 rings (SSSR count). The molecule has 6 nitrogen and oxygen atoms in total. The maximum Gasteiger partial charge on any atom is 0.329 e. The van der Waals surface area contributed by atoms with Gasteiger partial charge in [0.25, 0.3) is 0 Å². The summed E-state index contributed by atoms with van der Waals surface area (Å²) in [4.78, 5) is 20.4. The van der Waals surface area contributed by atoms with Gasteiger partial charge < -0.3 is 4.74 Å². The molecule has 184 valence electrons. The summed E-state index contributed by atoms with van der Waals surface area (Å²) in [5, 5.41) is 0. The van der Waals surface area contributed by atoms with E-state index in [0.29, 0.717) is 35.4 Å². The highest BCUT2D eigenvalue weighted by molar-refractivity contribution is 14.1. The quantitative estimate of drug-likeness (QED) is 0.355. The normalized spacial score (nSPS) is 19.4. The number of fused-ring (bicyclic) bond motifs is 1. The largest absolute Gasteiger partial charge is 0.381 e. The molecule has 3 heterocycles. The van der Waals surface area contributed by atoms with Crippen molar-refractivity contribution in [3.63, 3.8) is 0 Å². The van der Waals surface area contributed by atoms with Gasteiger partial charge in [-0.15, -0.1) is 0 Å². The van der Waals surface area contributed by atoms with E-state index in [0.717, 1.165) is 30.7 Å². The standard InChI is InChI=1S/C26H34FIN4O2/c1-6-31-23-13-21(28)20(27)12-22(23)32(24(31)33)16-26(17-34-7-2)10-11-30(15-26)25(4,5)19-9-8-18(3)29-14-19/h8-9,12-14H,6-7,10-11,15-17H2,1-5H3. The highest BCUT2D eigenvalue weighted by Gasteiger charge is 2.44. The Morgan fingerprint density at radius 3 is 2.59 bits per heavy atom. The molecule has 34 heavy (non-hydrogen) atoms. The molecule has 0 saturated carbocycles. The summed E-state index contributed by atoms with van der Waals surface area (Å²) in [5.41, 5.74) is 3.06. The van der Waals surface area contributed by atoms with Crippen molar-refractivity contribution >= 4 is 33.6 Å². The van der Waals surface area contributed by atoms with Crippen LogP contribution in [0, 0.1) is 21.7 Å². The minimum Gasteiger partial charge on any atom is -0.381 e. The third-order valence-electron chi connectivity index (χ3n) is 7.33. The Hall–Kier alpha value is -1.78. The summed E-state index contributed by atoms with van der Waals surface area (Å²) in [7, 11) is 0. The molecule has 1 aliphatic heterocycles. The first kappa shape index (κ1) is 25.3. The predicted molar refractivity (Wildman–Crippen MR) is 142 cm³/mol. The van der Waals surface area contributed by atoms with Gasteiger partial charge in [0.2, 0.25) is 0 Å². The van der Waals surface area contributed by atoms with Gasteiger partial charge in [-0.3, -0.25) is 19.0 Å². The van der Waals surface area contributed by atoms with Gasteiger partial charge >= 0.3 is 5.69 Å². The van der Waals surface area contributed by atoms with Gasteiger partial charge in [-0.1, -0.05) is 6.07 Å². The summed E-state index contributed by atoms with van der Waals surface area (Å²) in [5.74, 6) is -0.296. The number of benzene rings is 1. The number of likely N-dealkylation sites (tertiary alicyclic amines) is 1. The van der Waals surface area contributed by atoms with Crippen molar-refractivity contribution in [3.8, 4) is 0 Å². The molecule has 0 amide bonds. The summed E-state index contributed by atoms with van der Waals surface area (Å²) < 4.78 is 24.5. The molecular formula is C26H34FIN4O2. The molecule has 8 heteroatoms. The number of aromatic nitrogens is 3. The zero-order valence-corrected chi connectivity index (χ0v) is 22.9. The van der Waals surface area contributed by atoms with Crippen LogP contribution in [-0.4, -0.2) is 45.3 Å². The van der Waals surface area contributed by atoms with Gasteiger partial charge in [-0.25, -0.2) is 9.18 Å². The Kier molecular flexibility index (Phi) is 7.22. The lowest BCUT2D eigenvalue weighted by Gasteiger charge is -2.38. The molecule has 2 aromatic heterocycles. The molecule has 1 fully saturated rings. The third kappa shape index (κ3) is 4.56. The van der Waals surface area contributed by atoms with E-state index in [1.807, 2.05) is 49.6 Å². The number of imidazole rings is 1. The zero-order valence-electron chi connectivity index (χ0n) is 20.7. The minimum atomic E-state index is -0.296. The number of pyridine rings is 1. The summed E-state index contributed by atoms with van der Waals surface area (Å²) in [6, 6.07) is 7.48. The molecule has 1 saturated heterocycles. The van der Waals surface area contributed by atoms with E-state index in [-0.39, 0.29) is 22.5 Å². The van der Waals surface area contributed by atoms with Gasteiger partial charge in [0, 0.05) is 55.2 Å². The van der Waals surface area contributed by atoms with E-state index in [1.54, 1.807) is 15.2 Å². The first-order chi connectivity index (χ1) is 16.1. The van der Waals surface area contributed by atoms with E-state index in [4.69, 9.17) is 4.74 Å². The molecule has 1 aromatic carbocycles. The molecule has 0 spiro atoms. The molecule has 1 atom stereocenters. The van der Waals surface area contributed by atoms with Crippen LogP contribution in [0.2, 0.25) is 0 Å². The van der Waals surface area contributed by atoms with E-state index in [2.05, 4.69) is 35.9 Å². The van der Waals surface area contributed by atoms with Crippen molar-refractivity contribution in [2.45, 2.75) is 59.7 Å². The van der Waals surface area contributed by atoms with Gasteiger partial charge in [0.05, 0.1) is 21.2 Å². The smallest absolute Gasteiger partial charge is 0.329 e. The predicted octanol–water partition coefficient (Wildman–Crippen LogP) is 4.93. The maximum atomic E-state index is 14.5. The molecule has 3 aromatic rings. The van der Waals surface area contributed by atoms with E-state index in [1.165, 1.54) is 11.6 Å². The van der Waals surface area contributed by atoms with Gasteiger partial charge in [0.1, 0.15) is 5.82 Å². The Morgan fingerprint density at radius 2 is 1.94 bits per heavy atom. The van der Waals surface area contributed by atoms with E-state index in [9.17, 15) is 9.18 Å². The highest BCUT2D eigenvalue weighted by atomic mass is 127. The fraction of sp³-hybridized carbons (Fsp3) is 0.538. The average Bonchev–Trinajstić information content (AvgIpc) is 3.34. The number of ether oxygens (including phenoxy) is 1. The second-order valence-electron chi connectivity index (χ2n) is 9.92. The number of nitrogens with zero attached hydrogens (tertiary/aromatic N) is 4. The third-order valence-corrected chi connectivity index (χ3v) is 8.16. The van der Waals surface area contributed by atoms with Crippen molar-refractivity contribution in [2.24, 2.45) is 5.41 Å². The molecule has 0 aliphatic carbocycles. The van der Waals surface area contributed by atoms with Crippen LogP contribution in [0.25, 0.3) is 11.0 Å². The Morgan fingerprint density at radius 1 is 1.21 bits per heavy atom. The average molecular weight is 580 g/mol. The van der Waals surface area contributed by atoms with Crippen LogP contribution >= 0.6 is 22.6 Å². The number of rotatable bonds is 8. The number of aryl methyl sites for hydroxylation is 2. The fourth-order valence-corrected chi connectivity index (χ4v) is 5.59. The topological polar surface area (TPSA) is 52.3 Å². The first-order valence-electron chi connectivity index (χ1n) is 12.0. The van der Waals surface area contributed by atoms with Crippen molar-refractivity contribution < 1.29 is 9.13 Å². The SMILES string of the molecule is CCOCC1(Cn2c(=O)n(CC)c3cc(I)c(F)cc32)CCN(C(C)(C)c2ccc(C)nc2)C1.